The summed E-state index contributed by atoms with van der Waals surface area (Å²) in [6.07, 6.45) is 0.676. The standard InChI is InChI=1S/C21H22N2O5S/c24-20-16-4-1-2-5-17(16)21(25)19-14-15(6-7-18(19)20)29(26,27)22-8-3-9-23-10-12-28-13-11-23/h1-2,4-7,14,22H,3,8-13H2. The third kappa shape index (κ3) is 4.02. The van der Waals surface area contributed by atoms with E-state index in [9.17, 15) is 18.0 Å². The minimum absolute atomic E-state index is 0.0110. The van der Waals surface area contributed by atoms with Crippen molar-refractivity contribution in [3.63, 3.8) is 0 Å². The summed E-state index contributed by atoms with van der Waals surface area (Å²) in [5.74, 6) is -0.600. The van der Waals surface area contributed by atoms with Gasteiger partial charge < -0.3 is 4.74 Å². The molecule has 2 aliphatic rings. The minimum atomic E-state index is -3.77. The van der Waals surface area contributed by atoms with Gasteiger partial charge in [0.25, 0.3) is 0 Å². The molecule has 1 aliphatic heterocycles. The van der Waals surface area contributed by atoms with Gasteiger partial charge in [-0.2, -0.15) is 0 Å². The molecule has 1 aliphatic carbocycles. The highest BCUT2D eigenvalue weighted by atomic mass is 32.2. The van der Waals surface area contributed by atoms with Gasteiger partial charge in [0.05, 0.1) is 18.1 Å². The maximum Gasteiger partial charge on any atom is 0.240 e. The lowest BCUT2D eigenvalue weighted by Crippen LogP contribution is -2.38. The van der Waals surface area contributed by atoms with E-state index >= 15 is 0 Å². The molecule has 1 N–H and O–H groups in total. The first-order valence-corrected chi connectivity index (χ1v) is 11.1. The highest BCUT2D eigenvalue weighted by Gasteiger charge is 2.30. The summed E-state index contributed by atoms with van der Waals surface area (Å²) in [4.78, 5) is 27.7. The van der Waals surface area contributed by atoms with Gasteiger partial charge in [0.1, 0.15) is 0 Å². The van der Waals surface area contributed by atoms with Crippen LogP contribution in [-0.2, 0) is 14.8 Å². The third-order valence-corrected chi connectivity index (χ3v) is 6.71. The molecule has 1 heterocycles. The average Bonchev–Trinajstić information content (AvgIpc) is 2.75. The molecule has 8 heteroatoms. The highest BCUT2D eigenvalue weighted by Crippen LogP contribution is 2.28. The van der Waals surface area contributed by atoms with E-state index in [1.807, 2.05) is 0 Å². The predicted octanol–water partition coefficient (Wildman–Crippen LogP) is 1.46. The fourth-order valence-electron chi connectivity index (χ4n) is 3.66. The average molecular weight is 414 g/mol. The summed E-state index contributed by atoms with van der Waals surface area (Å²) in [6.45, 7) is 4.21. The SMILES string of the molecule is O=C1c2ccccc2C(=O)c2cc(S(=O)(=O)NCCCN3CCOCC3)ccc21. The lowest BCUT2D eigenvalue weighted by Gasteiger charge is -2.26. The Kier molecular flexibility index (Phi) is 5.60. The summed E-state index contributed by atoms with van der Waals surface area (Å²) in [5.41, 5.74) is 1.02. The second-order valence-electron chi connectivity index (χ2n) is 7.12. The van der Waals surface area contributed by atoms with Crippen molar-refractivity contribution in [1.29, 1.82) is 0 Å². The van der Waals surface area contributed by atoms with Crippen molar-refractivity contribution in [2.24, 2.45) is 0 Å². The van der Waals surface area contributed by atoms with Gasteiger partial charge in [-0.25, -0.2) is 13.1 Å². The number of carbonyl (C=O) groups is 2. The molecular weight excluding hydrogens is 392 g/mol. The molecule has 0 spiro atoms. The van der Waals surface area contributed by atoms with Crippen LogP contribution in [0.3, 0.4) is 0 Å². The second-order valence-corrected chi connectivity index (χ2v) is 8.88. The van der Waals surface area contributed by atoms with Gasteiger partial charge in [0.2, 0.25) is 10.0 Å². The molecular formula is C21H22N2O5S. The van der Waals surface area contributed by atoms with E-state index in [-0.39, 0.29) is 27.6 Å². The molecule has 0 aromatic heterocycles. The number of hydrogen-bond donors (Lipinski definition) is 1. The molecule has 2 aromatic rings. The Morgan fingerprint density at radius 1 is 0.897 bits per heavy atom. The quantitative estimate of drug-likeness (QED) is 0.614. The molecule has 0 bridgehead atoms. The molecule has 2 aromatic carbocycles. The van der Waals surface area contributed by atoms with Crippen LogP contribution in [-0.4, -0.2) is 64.3 Å². The number of sulfonamides is 1. The molecule has 0 amide bonds. The number of nitrogens with one attached hydrogen (secondary N) is 1. The largest absolute Gasteiger partial charge is 0.379 e. The number of carbonyl (C=O) groups excluding carboxylic acids is 2. The van der Waals surface area contributed by atoms with E-state index in [4.69, 9.17) is 4.74 Å². The fraction of sp³-hybridized carbons (Fsp3) is 0.333. The zero-order valence-electron chi connectivity index (χ0n) is 15.9. The minimum Gasteiger partial charge on any atom is -0.379 e. The van der Waals surface area contributed by atoms with Crippen LogP contribution in [0.15, 0.2) is 47.4 Å². The van der Waals surface area contributed by atoms with Crippen molar-refractivity contribution < 1.29 is 22.7 Å². The predicted molar refractivity (Wildman–Crippen MR) is 107 cm³/mol. The summed E-state index contributed by atoms with van der Waals surface area (Å²) in [6, 6.07) is 10.7. The number of ketones is 2. The van der Waals surface area contributed by atoms with Crippen LogP contribution >= 0.6 is 0 Å². The number of nitrogens with zero attached hydrogens (tertiary/aromatic N) is 1. The van der Waals surface area contributed by atoms with Crippen LogP contribution in [0.25, 0.3) is 0 Å². The first kappa shape index (κ1) is 19.9. The van der Waals surface area contributed by atoms with E-state index < -0.39 is 10.0 Å². The van der Waals surface area contributed by atoms with Gasteiger partial charge in [-0.15, -0.1) is 0 Å². The number of hydrogen-bond acceptors (Lipinski definition) is 6. The van der Waals surface area contributed by atoms with Gasteiger partial charge in [-0.1, -0.05) is 24.3 Å². The van der Waals surface area contributed by atoms with E-state index in [2.05, 4.69) is 9.62 Å². The maximum absolute atomic E-state index is 12.8. The van der Waals surface area contributed by atoms with Crippen LogP contribution < -0.4 is 4.72 Å². The first-order chi connectivity index (χ1) is 14.0. The molecule has 29 heavy (non-hydrogen) atoms. The summed E-state index contributed by atoms with van der Waals surface area (Å²) in [5, 5.41) is 0. The highest BCUT2D eigenvalue weighted by molar-refractivity contribution is 7.89. The van der Waals surface area contributed by atoms with E-state index in [0.29, 0.717) is 37.3 Å². The van der Waals surface area contributed by atoms with Crippen molar-refractivity contribution in [3.8, 4) is 0 Å². The Labute approximate surface area is 169 Å². The topological polar surface area (TPSA) is 92.8 Å². The monoisotopic (exact) mass is 414 g/mol. The third-order valence-electron chi connectivity index (χ3n) is 5.25. The van der Waals surface area contributed by atoms with Crippen molar-refractivity contribution in [3.05, 3.63) is 64.7 Å². The van der Waals surface area contributed by atoms with Crippen LogP contribution in [0.1, 0.15) is 38.3 Å². The molecule has 0 saturated carbocycles. The number of ether oxygens (including phenoxy) is 1. The molecule has 0 radical (unpaired) electrons. The van der Waals surface area contributed by atoms with E-state index in [1.54, 1.807) is 24.3 Å². The first-order valence-electron chi connectivity index (χ1n) is 9.59. The summed E-state index contributed by atoms with van der Waals surface area (Å²) >= 11 is 0. The molecule has 1 saturated heterocycles. The lowest BCUT2D eigenvalue weighted by atomic mass is 9.84. The molecule has 0 atom stereocenters. The van der Waals surface area contributed by atoms with Crippen LogP contribution in [0.2, 0.25) is 0 Å². The summed E-state index contributed by atoms with van der Waals surface area (Å²) in [7, 11) is -3.77. The number of rotatable bonds is 6. The summed E-state index contributed by atoms with van der Waals surface area (Å²) < 4.78 is 33.2. The van der Waals surface area contributed by atoms with Gasteiger partial charge in [0.15, 0.2) is 11.6 Å². The molecule has 152 valence electrons. The van der Waals surface area contributed by atoms with Crippen LogP contribution in [0, 0.1) is 0 Å². The Hall–Kier alpha value is -2.39. The van der Waals surface area contributed by atoms with Crippen LogP contribution in [0.4, 0.5) is 0 Å². The molecule has 7 nitrogen and oxygen atoms in total. The number of morpholine rings is 1. The zero-order chi connectivity index (χ0) is 20.4. The smallest absolute Gasteiger partial charge is 0.240 e. The Bertz CT molecular complexity index is 1060. The second kappa shape index (κ2) is 8.16. The van der Waals surface area contributed by atoms with Gasteiger partial charge in [-0.3, -0.25) is 14.5 Å². The Balaban J connectivity index is 1.47. The molecule has 0 unspecified atom stereocenters. The lowest BCUT2D eigenvalue weighted by molar-refractivity contribution is 0.0376. The number of benzene rings is 2. The molecule has 4 rings (SSSR count). The van der Waals surface area contributed by atoms with Gasteiger partial charge in [0, 0.05) is 41.9 Å². The van der Waals surface area contributed by atoms with Gasteiger partial charge in [-0.05, 0) is 31.2 Å². The van der Waals surface area contributed by atoms with Crippen molar-refractivity contribution in [2.45, 2.75) is 11.3 Å². The number of fused-ring (bicyclic) bond motifs is 2. The Morgan fingerprint density at radius 3 is 2.21 bits per heavy atom. The van der Waals surface area contributed by atoms with Crippen molar-refractivity contribution >= 4 is 21.6 Å². The van der Waals surface area contributed by atoms with E-state index in [0.717, 1.165) is 19.6 Å². The van der Waals surface area contributed by atoms with E-state index in [1.165, 1.54) is 18.2 Å². The maximum atomic E-state index is 12.8. The Morgan fingerprint density at radius 2 is 1.52 bits per heavy atom. The van der Waals surface area contributed by atoms with Crippen LogP contribution in [0.5, 0.6) is 0 Å². The van der Waals surface area contributed by atoms with Gasteiger partial charge >= 0.3 is 0 Å². The van der Waals surface area contributed by atoms with Crippen molar-refractivity contribution in [1.82, 2.24) is 9.62 Å². The normalized spacial score (nSPS) is 17.1. The fourth-order valence-corrected chi connectivity index (χ4v) is 4.76. The van der Waals surface area contributed by atoms with Crippen molar-refractivity contribution in [2.75, 3.05) is 39.4 Å². The zero-order valence-corrected chi connectivity index (χ0v) is 16.7. The molecule has 1 fully saturated rings.